The summed E-state index contributed by atoms with van der Waals surface area (Å²) in [5.74, 6) is 0.708. The van der Waals surface area contributed by atoms with E-state index in [1.165, 1.54) is 25.7 Å². The zero-order chi connectivity index (χ0) is 13.8. The van der Waals surface area contributed by atoms with Gasteiger partial charge in [-0.3, -0.25) is 4.79 Å². The fourth-order valence-corrected chi connectivity index (χ4v) is 3.28. The van der Waals surface area contributed by atoms with Crippen LogP contribution >= 0.6 is 11.3 Å². The third kappa shape index (κ3) is 3.25. The van der Waals surface area contributed by atoms with Gasteiger partial charge in [0.2, 0.25) is 5.91 Å². The van der Waals surface area contributed by atoms with Gasteiger partial charge in [-0.25, -0.2) is 4.68 Å². The molecule has 3 rings (SSSR count). The van der Waals surface area contributed by atoms with E-state index in [1.807, 2.05) is 23.7 Å². The molecule has 106 valence electrons. The Morgan fingerprint density at radius 2 is 2.30 bits per heavy atom. The Kier molecular flexibility index (Phi) is 4.11. The maximum atomic E-state index is 11.8. The van der Waals surface area contributed by atoms with E-state index >= 15 is 0 Å². The van der Waals surface area contributed by atoms with Gasteiger partial charge in [-0.05, 0) is 36.3 Å². The third-order valence-corrected chi connectivity index (χ3v) is 4.55. The number of hydrogen-bond donors (Lipinski definition) is 1. The summed E-state index contributed by atoms with van der Waals surface area (Å²) in [4.78, 5) is 11.8. The molecule has 0 aromatic carbocycles. The highest BCUT2D eigenvalue weighted by atomic mass is 32.1. The molecule has 0 saturated heterocycles. The Morgan fingerprint density at radius 1 is 1.45 bits per heavy atom. The average Bonchev–Trinajstić information content (AvgIpc) is 3.18. The van der Waals surface area contributed by atoms with E-state index < -0.39 is 0 Å². The first-order valence-corrected chi connectivity index (χ1v) is 7.91. The molecule has 1 aliphatic rings. The predicted molar refractivity (Wildman–Crippen MR) is 77.7 cm³/mol. The van der Waals surface area contributed by atoms with Crippen LogP contribution in [0.5, 0.6) is 0 Å². The molecule has 0 radical (unpaired) electrons. The minimum Gasteiger partial charge on any atom is -0.350 e. The second kappa shape index (κ2) is 6.17. The second-order valence-corrected chi connectivity index (χ2v) is 6.16. The number of aromatic nitrogens is 3. The first kappa shape index (κ1) is 13.3. The summed E-state index contributed by atoms with van der Waals surface area (Å²) in [5.41, 5.74) is 0.790. The molecular formula is C14H18N4OS. The van der Waals surface area contributed by atoms with Crippen molar-refractivity contribution in [2.24, 2.45) is 5.92 Å². The normalized spacial score (nSPS) is 15.6. The molecular weight excluding hydrogens is 272 g/mol. The molecule has 0 aliphatic heterocycles. The molecule has 1 fully saturated rings. The molecule has 2 heterocycles. The standard InChI is InChI=1S/C14H18N4OS/c19-13(8-11-4-1-2-5-11)15-9-12-10-18(17-16-12)14-6-3-7-20-14/h3,6-7,10-11H,1-2,4-5,8-9H2,(H,15,19). The Labute approximate surface area is 122 Å². The highest BCUT2D eigenvalue weighted by Crippen LogP contribution is 2.27. The Balaban J connectivity index is 1.49. The molecule has 1 N–H and O–H groups in total. The van der Waals surface area contributed by atoms with E-state index in [1.54, 1.807) is 16.0 Å². The number of carbonyl (C=O) groups is 1. The van der Waals surface area contributed by atoms with Gasteiger partial charge in [0.15, 0.2) is 0 Å². The maximum Gasteiger partial charge on any atom is 0.220 e. The zero-order valence-corrected chi connectivity index (χ0v) is 12.1. The molecule has 2 aromatic rings. The molecule has 1 saturated carbocycles. The van der Waals surface area contributed by atoms with Crippen molar-refractivity contribution in [3.8, 4) is 5.00 Å². The van der Waals surface area contributed by atoms with E-state index in [-0.39, 0.29) is 5.91 Å². The van der Waals surface area contributed by atoms with Gasteiger partial charge in [0.1, 0.15) is 10.7 Å². The number of nitrogens with zero attached hydrogens (tertiary/aromatic N) is 3. The Hall–Kier alpha value is -1.69. The molecule has 0 spiro atoms. The van der Waals surface area contributed by atoms with Crippen LogP contribution in [0, 0.1) is 5.92 Å². The SMILES string of the molecule is O=C(CC1CCCC1)NCc1cn(-c2cccs2)nn1. The van der Waals surface area contributed by atoms with Crippen molar-refractivity contribution in [1.82, 2.24) is 20.3 Å². The van der Waals surface area contributed by atoms with Crippen molar-refractivity contribution in [2.75, 3.05) is 0 Å². The first-order chi connectivity index (χ1) is 9.81. The number of nitrogens with one attached hydrogen (secondary N) is 1. The van der Waals surface area contributed by atoms with Crippen LogP contribution in [-0.4, -0.2) is 20.9 Å². The third-order valence-electron chi connectivity index (χ3n) is 3.69. The highest BCUT2D eigenvalue weighted by Gasteiger charge is 2.18. The van der Waals surface area contributed by atoms with Gasteiger partial charge in [-0.15, -0.1) is 16.4 Å². The van der Waals surface area contributed by atoms with E-state index in [9.17, 15) is 4.79 Å². The minimum atomic E-state index is 0.127. The summed E-state index contributed by atoms with van der Waals surface area (Å²) < 4.78 is 1.74. The van der Waals surface area contributed by atoms with E-state index in [2.05, 4.69) is 15.6 Å². The number of amides is 1. The highest BCUT2D eigenvalue weighted by molar-refractivity contribution is 7.12. The van der Waals surface area contributed by atoms with Crippen LogP contribution < -0.4 is 5.32 Å². The molecule has 6 heteroatoms. The van der Waals surface area contributed by atoms with Crippen LogP contribution in [0.4, 0.5) is 0 Å². The van der Waals surface area contributed by atoms with Gasteiger partial charge in [0.05, 0.1) is 12.7 Å². The topological polar surface area (TPSA) is 59.8 Å². The van der Waals surface area contributed by atoms with Crippen LogP contribution in [0.15, 0.2) is 23.7 Å². The lowest BCUT2D eigenvalue weighted by Crippen LogP contribution is -2.24. The van der Waals surface area contributed by atoms with Crippen LogP contribution in [0.25, 0.3) is 5.00 Å². The average molecular weight is 290 g/mol. The second-order valence-electron chi connectivity index (χ2n) is 5.24. The van der Waals surface area contributed by atoms with Crippen molar-refractivity contribution in [3.63, 3.8) is 0 Å². The summed E-state index contributed by atoms with van der Waals surface area (Å²) in [6.45, 7) is 0.455. The molecule has 0 unspecified atom stereocenters. The van der Waals surface area contributed by atoms with Crippen LogP contribution in [0.3, 0.4) is 0 Å². The zero-order valence-electron chi connectivity index (χ0n) is 11.3. The summed E-state index contributed by atoms with van der Waals surface area (Å²) in [5, 5.41) is 14.1. The smallest absolute Gasteiger partial charge is 0.220 e. The largest absolute Gasteiger partial charge is 0.350 e. The maximum absolute atomic E-state index is 11.8. The van der Waals surface area contributed by atoms with Crippen LogP contribution in [0.2, 0.25) is 0 Å². The summed E-state index contributed by atoms with van der Waals surface area (Å²) in [6.07, 6.45) is 7.45. The number of thiophene rings is 1. The predicted octanol–water partition coefficient (Wildman–Crippen LogP) is 2.53. The van der Waals surface area contributed by atoms with Gasteiger partial charge < -0.3 is 5.32 Å². The van der Waals surface area contributed by atoms with Crippen molar-refractivity contribution >= 4 is 17.2 Å². The molecule has 0 atom stereocenters. The molecule has 1 amide bonds. The monoisotopic (exact) mass is 290 g/mol. The van der Waals surface area contributed by atoms with Gasteiger partial charge in [-0.2, -0.15) is 0 Å². The van der Waals surface area contributed by atoms with E-state index in [0.29, 0.717) is 18.9 Å². The van der Waals surface area contributed by atoms with Crippen LogP contribution in [0.1, 0.15) is 37.8 Å². The van der Waals surface area contributed by atoms with Gasteiger partial charge >= 0.3 is 0 Å². The van der Waals surface area contributed by atoms with Gasteiger partial charge in [-0.1, -0.05) is 18.1 Å². The van der Waals surface area contributed by atoms with E-state index in [0.717, 1.165) is 10.7 Å². The number of hydrogen-bond acceptors (Lipinski definition) is 4. The van der Waals surface area contributed by atoms with Gasteiger partial charge in [0.25, 0.3) is 0 Å². The fraction of sp³-hybridized carbons (Fsp3) is 0.500. The number of carbonyl (C=O) groups excluding carboxylic acids is 1. The van der Waals surface area contributed by atoms with Gasteiger partial charge in [0, 0.05) is 6.42 Å². The molecule has 20 heavy (non-hydrogen) atoms. The molecule has 1 aliphatic carbocycles. The Bertz CT molecular complexity index is 558. The van der Waals surface area contributed by atoms with Crippen molar-refractivity contribution in [1.29, 1.82) is 0 Å². The Morgan fingerprint density at radius 3 is 3.05 bits per heavy atom. The quantitative estimate of drug-likeness (QED) is 0.920. The minimum absolute atomic E-state index is 0.127. The van der Waals surface area contributed by atoms with Crippen molar-refractivity contribution < 1.29 is 4.79 Å². The summed E-state index contributed by atoms with van der Waals surface area (Å²) in [6, 6.07) is 3.96. The lowest BCUT2D eigenvalue weighted by Gasteiger charge is -2.08. The fourth-order valence-electron chi connectivity index (χ4n) is 2.63. The van der Waals surface area contributed by atoms with Crippen molar-refractivity contribution in [3.05, 3.63) is 29.4 Å². The van der Waals surface area contributed by atoms with Crippen LogP contribution in [-0.2, 0) is 11.3 Å². The lowest BCUT2D eigenvalue weighted by molar-refractivity contribution is -0.122. The first-order valence-electron chi connectivity index (χ1n) is 7.03. The summed E-state index contributed by atoms with van der Waals surface area (Å²) >= 11 is 1.61. The van der Waals surface area contributed by atoms with E-state index in [4.69, 9.17) is 0 Å². The molecule has 0 bridgehead atoms. The summed E-state index contributed by atoms with van der Waals surface area (Å²) in [7, 11) is 0. The number of rotatable bonds is 5. The molecule has 5 nitrogen and oxygen atoms in total. The van der Waals surface area contributed by atoms with Crippen molar-refractivity contribution in [2.45, 2.75) is 38.6 Å². The lowest BCUT2D eigenvalue weighted by atomic mass is 10.0. The molecule has 2 aromatic heterocycles.